The number of amides is 1. The highest BCUT2D eigenvalue weighted by molar-refractivity contribution is 5.97. The van der Waals surface area contributed by atoms with E-state index in [9.17, 15) is 9.59 Å². The summed E-state index contributed by atoms with van der Waals surface area (Å²) in [5, 5.41) is 4.38. The highest BCUT2D eigenvalue weighted by Gasteiger charge is 2.25. The molecular formula is C27H27NO5. The molecule has 0 atom stereocenters. The minimum Gasteiger partial charge on any atom is -0.460 e. The average Bonchev–Trinajstić information content (AvgIpc) is 2.84. The molecule has 3 aromatic carbocycles. The van der Waals surface area contributed by atoms with Crippen LogP contribution in [0.5, 0.6) is 17.2 Å². The molecule has 1 aliphatic rings. The topological polar surface area (TPSA) is 73.9 Å². The van der Waals surface area contributed by atoms with Crippen LogP contribution in [-0.2, 0) is 22.4 Å². The third kappa shape index (κ3) is 5.17. The second-order valence-electron chi connectivity index (χ2n) is 8.02. The van der Waals surface area contributed by atoms with E-state index in [2.05, 4.69) is 11.9 Å². The van der Waals surface area contributed by atoms with Crippen LogP contribution >= 0.6 is 0 Å². The van der Waals surface area contributed by atoms with Crippen LogP contribution < -0.4 is 14.8 Å². The average molecular weight is 446 g/mol. The van der Waals surface area contributed by atoms with Gasteiger partial charge in [-0.3, -0.25) is 0 Å². The Bertz CT molecular complexity index is 1190. The van der Waals surface area contributed by atoms with Crippen LogP contribution in [0, 0.1) is 0 Å². The van der Waals surface area contributed by atoms with Crippen molar-refractivity contribution in [2.24, 2.45) is 0 Å². The zero-order chi connectivity index (χ0) is 23.2. The first kappa shape index (κ1) is 22.4. The van der Waals surface area contributed by atoms with Crippen LogP contribution in [0.3, 0.4) is 0 Å². The summed E-state index contributed by atoms with van der Waals surface area (Å²) in [6, 6.07) is 17.5. The predicted octanol–water partition coefficient (Wildman–Crippen LogP) is 5.72. The highest BCUT2D eigenvalue weighted by Crippen LogP contribution is 2.45. The molecule has 4 rings (SSSR count). The first-order valence-corrected chi connectivity index (χ1v) is 11.1. The number of hydrogen-bond donors (Lipinski definition) is 1. The molecule has 0 fully saturated rings. The number of carbonyl (C=O) groups excluding carboxylic acids is 2. The molecule has 0 saturated heterocycles. The van der Waals surface area contributed by atoms with Crippen molar-refractivity contribution < 1.29 is 23.8 Å². The molecule has 0 bridgehead atoms. The third-order valence-electron chi connectivity index (χ3n) is 5.54. The van der Waals surface area contributed by atoms with Crippen LogP contribution in [0.15, 0.2) is 66.7 Å². The predicted molar refractivity (Wildman–Crippen MR) is 127 cm³/mol. The Kier molecular flexibility index (Phi) is 6.93. The fourth-order valence-electron chi connectivity index (χ4n) is 4.00. The van der Waals surface area contributed by atoms with E-state index >= 15 is 0 Å². The molecule has 1 aliphatic carbocycles. The van der Waals surface area contributed by atoms with Crippen molar-refractivity contribution in [1.29, 1.82) is 0 Å². The number of hydrogen-bond acceptors (Lipinski definition) is 5. The van der Waals surface area contributed by atoms with Gasteiger partial charge in [-0.25, -0.2) is 9.59 Å². The van der Waals surface area contributed by atoms with Gasteiger partial charge in [-0.05, 0) is 44.7 Å². The SMILES string of the molecule is C=C(C)C(=O)OCCNC(=O)Oc1c2c(c(Oc3ccccc3)c3ccccc13)CCCC2. The van der Waals surface area contributed by atoms with Crippen molar-refractivity contribution in [3.8, 4) is 17.2 Å². The summed E-state index contributed by atoms with van der Waals surface area (Å²) < 4.78 is 17.2. The van der Waals surface area contributed by atoms with Gasteiger partial charge in [0.15, 0.2) is 0 Å². The fraction of sp³-hybridized carbons (Fsp3) is 0.259. The summed E-state index contributed by atoms with van der Waals surface area (Å²) >= 11 is 0. The molecule has 1 amide bonds. The Morgan fingerprint density at radius 2 is 1.52 bits per heavy atom. The first-order valence-electron chi connectivity index (χ1n) is 11.1. The summed E-state index contributed by atoms with van der Waals surface area (Å²) in [6.45, 7) is 5.30. The standard InChI is InChI=1S/C27H27NO5/c1-18(2)26(29)31-17-16-28-27(30)33-25-22-14-8-6-12-20(22)24(21-13-7-9-15-23(21)25)32-19-10-4-3-5-11-19/h3-6,8,10-12,14H,1,7,9,13,15-17H2,2H3,(H,28,30). The number of ether oxygens (including phenoxy) is 3. The van der Waals surface area contributed by atoms with Crippen molar-refractivity contribution in [3.05, 3.63) is 77.9 Å². The van der Waals surface area contributed by atoms with Gasteiger partial charge in [0.1, 0.15) is 23.9 Å². The number of para-hydroxylation sites is 1. The van der Waals surface area contributed by atoms with E-state index in [1.165, 1.54) is 0 Å². The molecule has 0 saturated carbocycles. The molecule has 6 nitrogen and oxygen atoms in total. The van der Waals surface area contributed by atoms with Crippen molar-refractivity contribution in [3.63, 3.8) is 0 Å². The number of benzene rings is 3. The Balaban J connectivity index is 1.61. The number of rotatable bonds is 7. The van der Waals surface area contributed by atoms with Crippen molar-refractivity contribution >= 4 is 22.8 Å². The van der Waals surface area contributed by atoms with Gasteiger partial charge < -0.3 is 19.5 Å². The van der Waals surface area contributed by atoms with Crippen molar-refractivity contribution in [2.45, 2.75) is 32.6 Å². The third-order valence-corrected chi connectivity index (χ3v) is 5.54. The minimum atomic E-state index is -0.587. The molecule has 6 heteroatoms. The lowest BCUT2D eigenvalue weighted by Crippen LogP contribution is -2.31. The molecule has 0 aliphatic heterocycles. The van der Waals surface area contributed by atoms with Gasteiger partial charge in [-0.2, -0.15) is 0 Å². The zero-order valence-corrected chi connectivity index (χ0v) is 18.7. The Hall–Kier alpha value is -3.80. The van der Waals surface area contributed by atoms with E-state index < -0.39 is 12.1 Å². The molecule has 0 unspecified atom stereocenters. The summed E-state index contributed by atoms with van der Waals surface area (Å²) in [4.78, 5) is 24.0. The molecule has 3 aromatic rings. The summed E-state index contributed by atoms with van der Waals surface area (Å²) in [5.74, 6) is 1.67. The lowest BCUT2D eigenvalue weighted by atomic mass is 9.87. The second-order valence-corrected chi connectivity index (χ2v) is 8.02. The van der Waals surface area contributed by atoms with E-state index in [0.717, 1.165) is 59.1 Å². The molecule has 1 N–H and O–H groups in total. The molecule has 0 heterocycles. The minimum absolute atomic E-state index is 0.0451. The first-order chi connectivity index (χ1) is 16.0. The van der Waals surface area contributed by atoms with E-state index in [-0.39, 0.29) is 13.2 Å². The van der Waals surface area contributed by atoms with E-state index in [1.807, 2.05) is 54.6 Å². The number of esters is 1. The normalized spacial score (nSPS) is 12.5. The van der Waals surface area contributed by atoms with Crippen LogP contribution in [-0.4, -0.2) is 25.2 Å². The lowest BCUT2D eigenvalue weighted by Gasteiger charge is -2.25. The maximum atomic E-state index is 12.6. The Labute approximate surface area is 193 Å². The van der Waals surface area contributed by atoms with Crippen molar-refractivity contribution in [1.82, 2.24) is 5.32 Å². The van der Waals surface area contributed by atoms with Gasteiger partial charge in [-0.1, -0.05) is 49.0 Å². The smallest absolute Gasteiger partial charge is 0.412 e. The largest absolute Gasteiger partial charge is 0.460 e. The summed E-state index contributed by atoms with van der Waals surface area (Å²) in [5.41, 5.74) is 2.41. The Morgan fingerprint density at radius 3 is 2.18 bits per heavy atom. The summed E-state index contributed by atoms with van der Waals surface area (Å²) in [7, 11) is 0. The highest BCUT2D eigenvalue weighted by atomic mass is 16.6. The molecule has 170 valence electrons. The quantitative estimate of drug-likeness (QED) is 0.286. The van der Waals surface area contributed by atoms with E-state index in [0.29, 0.717) is 11.3 Å². The monoisotopic (exact) mass is 445 g/mol. The molecule has 0 aromatic heterocycles. The van der Waals surface area contributed by atoms with Crippen molar-refractivity contribution in [2.75, 3.05) is 13.2 Å². The van der Waals surface area contributed by atoms with Crippen LogP contribution in [0.1, 0.15) is 30.9 Å². The fourth-order valence-corrected chi connectivity index (χ4v) is 4.00. The molecule has 0 spiro atoms. The zero-order valence-electron chi connectivity index (χ0n) is 18.7. The van der Waals surface area contributed by atoms with E-state index in [4.69, 9.17) is 14.2 Å². The Morgan fingerprint density at radius 1 is 0.909 bits per heavy atom. The van der Waals surface area contributed by atoms with Gasteiger partial charge in [0.25, 0.3) is 0 Å². The number of fused-ring (bicyclic) bond motifs is 2. The van der Waals surface area contributed by atoms with Gasteiger partial charge in [-0.15, -0.1) is 0 Å². The van der Waals surface area contributed by atoms with Gasteiger partial charge in [0, 0.05) is 27.5 Å². The molecule has 33 heavy (non-hydrogen) atoms. The van der Waals surface area contributed by atoms with Crippen LogP contribution in [0.2, 0.25) is 0 Å². The molecular weight excluding hydrogens is 418 g/mol. The van der Waals surface area contributed by atoms with Gasteiger partial charge >= 0.3 is 12.1 Å². The second kappa shape index (κ2) is 10.2. The lowest BCUT2D eigenvalue weighted by molar-refractivity contribution is -0.138. The van der Waals surface area contributed by atoms with E-state index in [1.54, 1.807) is 6.92 Å². The van der Waals surface area contributed by atoms with Gasteiger partial charge in [0.05, 0.1) is 6.54 Å². The number of nitrogens with one attached hydrogen (secondary N) is 1. The summed E-state index contributed by atoms with van der Waals surface area (Å²) in [6.07, 6.45) is 3.15. The van der Waals surface area contributed by atoms with Gasteiger partial charge in [0.2, 0.25) is 0 Å². The maximum absolute atomic E-state index is 12.6. The number of carbonyl (C=O) groups is 2. The maximum Gasteiger partial charge on any atom is 0.412 e. The van der Waals surface area contributed by atoms with Crippen LogP contribution in [0.25, 0.3) is 10.8 Å². The molecule has 0 radical (unpaired) electrons. The van der Waals surface area contributed by atoms with Crippen LogP contribution in [0.4, 0.5) is 4.79 Å².